The predicted molar refractivity (Wildman–Crippen MR) is 61.6 cm³/mol. The van der Waals surface area contributed by atoms with Gasteiger partial charge in [0.05, 0.1) is 6.10 Å². The van der Waals surface area contributed by atoms with E-state index in [0.717, 1.165) is 23.1 Å². The van der Waals surface area contributed by atoms with Gasteiger partial charge in [0.2, 0.25) is 0 Å². The molecule has 0 saturated carbocycles. The zero-order valence-electron chi connectivity index (χ0n) is 8.57. The molecule has 2 rings (SSSR count). The number of aryl methyl sites for hydroxylation is 1. The summed E-state index contributed by atoms with van der Waals surface area (Å²) in [4.78, 5) is 0. The smallest absolute Gasteiger partial charge is 0.131 e. The number of halogens is 1. The van der Waals surface area contributed by atoms with Gasteiger partial charge in [0.25, 0.3) is 0 Å². The van der Waals surface area contributed by atoms with Crippen LogP contribution >= 0.6 is 15.9 Å². The normalized spacial score (nSPS) is 21.5. The van der Waals surface area contributed by atoms with Crippen molar-refractivity contribution < 1.29 is 5.11 Å². The molecule has 1 aliphatic rings. The summed E-state index contributed by atoms with van der Waals surface area (Å²) in [5.41, 5.74) is 2.36. The molecule has 4 nitrogen and oxygen atoms in total. The van der Waals surface area contributed by atoms with Crippen molar-refractivity contribution in [2.75, 3.05) is 13.1 Å². The maximum absolute atomic E-state index is 9.46. The van der Waals surface area contributed by atoms with Crippen LogP contribution in [0.5, 0.6) is 0 Å². The Morgan fingerprint density at radius 2 is 2.53 bits per heavy atom. The van der Waals surface area contributed by atoms with Crippen LogP contribution in [-0.4, -0.2) is 34.1 Å². The molecule has 0 radical (unpaired) electrons. The number of nitrogens with zero attached hydrogens (tertiary/aromatic N) is 2. The summed E-state index contributed by atoms with van der Waals surface area (Å²) in [6, 6.07) is 0. The van der Waals surface area contributed by atoms with E-state index in [1.807, 2.05) is 19.3 Å². The lowest BCUT2D eigenvalue weighted by molar-refractivity contribution is 0.213. The Hall–Kier alpha value is -0.650. The van der Waals surface area contributed by atoms with Crippen molar-refractivity contribution in [1.29, 1.82) is 0 Å². The SMILES string of the molecule is Cn1cc(CC2=CC(O)CNC2)c(Br)n1. The van der Waals surface area contributed by atoms with Gasteiger partial charge in [-0.3, -0.25) is 4.68 Å². The molecule has 0 saturated heterocycles. The Kier molecular flexibility index (Phi) is 3.23. The van der Waals surface area contributed by atoms with Crippen LogP contribution in [0.2, 0.25) is 0 Å². The van der Waals surface area contributed by atoms with E-state index in [-0.39, 0.29) is 6.10 Å². The fraction of sp³-hybridized carbons (Fsp3) is 0.500. The lowest BCUT2D eigenvalue weighted by atomic mass is 10.0. The van der Waals surface area contributed by atoms with Crippen molar-refractivity contribution >= 4 is 15.9 Å². The minimum Gasteiger partial charge on any atom is -0.388 e. The molecule has 0 aromatic carbocycles. The molecule has 15 heavy (non-hydrogen) atoms. The van der Waals surface area contributed by atoms with E-state index in [1.54, 1.807) is 4.68 Å². The highest BCUT2D eigenvalue weighted by Gasteiger charge is 2.12. The molecule has 0 amide bonds. The first kappa shape index (κ1) is 10.9. The van der Waals surface area contributed by atoms with Crippen LogP contribution in [0, 0.1) is 0 Å². The number of aliphatic hydroxyl groups excluding tert-OH is 1. The fourth-order valence-electron chi connectivity index (χ4n) is 1.77. The molecule has 1 aromatic rings. The van der Waals surface area contributed by atoms with Gasteiger partial charge in [-0.1, -0.05) is 11.6 Å². The van der Waals surface area contributed by atoms with E-state index in [0.29, 0.717) is 6.54 Å². The Morgan fingerprint density at radius 1 is 1.73 bits per heavy atom. The molecule has 1 unspecified atom stereocenters. The third-order valence-corrected chi connectivity index (χ3v) is 3.07. The monoisotopic (exact) mass is 271 g/mol. The summed E-state index contributed by atoms with van der Waals surface area (Å²) < 4.78 is 2.66. The van der Waals surface area contributed by atoms with Gasteiger partial charge in [0, 0.05) is 31.9 Å². The molecule has 2 heterocycles. The highest BCUT2D eigenvalue weighted by Crippen LogP contribution is 2.18. The minimum absolute atomic E-state index is 0.357. The molecule has 1 atom stereocenters. The summed E-state index contributed by atoms with van der Waals surface area (Å²) in [5.74, 6) is 0. The van der Waals surface area contributed by atoms with Crippen molar-refractivity contribution in [3.63, 3.8) is 0 Å². The largest absolute Gasteiger partial charge is 0.388 e. The van der Waals surface area contributed by atoms with Crippen LogP contribution in [0.25, 0.3) is 0 Å². The molecule has 0 fully saturated rings. The third-order valence-electron chi connectivity index (χ3n) is 2.40. The van der Waals surface area contributed by atoms with Crippen LogP contribution in [0.4, 0.5) is 0 Å². The van der Waals surface area contributed by atoms with Gasteiger partial charge in [-0.25, -0.2) is 0 Å². The van der Waals surface area contributed by atoms with Gasteiger partial charge in [0.1, 0.15) is 4.60 Å². The molecule has 5 heteroatoms. The summed E-state index contributed by atoms with van der Waals surface area (Å²) in [7, 11) is 1.90. The topological polar surface area (TPSA) is 50.1 Å². The maximum Gasteiger partial charge on any atom is 0.131 e. The van der Waals surface area contributed by atoms with Crippen molar-refractivity contribution in [1.82, 2.24) is 15.1 Å². The molecule has 1 aromatic heterocycles. The average Bonchev–Trinajstić information content (AvgIpc) is 2.45. The number of rotatable bonds is 2. The van der Waals surface area contributed by atoms with E-state index in [1.165, 1.54) is 5.57 Å². The first-order valence-electron chi connectivity index (χ1n) is 4.91. The molecular weight excluding hydrogens is 258 g/mol. The van der Waals surface area contributed by atoms with Crippen molar-refractivity contribution in [2.24, 2.45) is 7.05 Å². The summed E-state index contributed by atoms with van der Waals surface area (Å²) in [6.45, 7) is 1.50. The van der Waals surface area contributed by atoms with Gasteiger partial charge in [-0.2, -0.15) is 5.10 Å². The molecule has 0 spiro atoms. The number of hydrogen-bond donors (Lipinski definition) is 2. The van der Waals surface area contributed by atoms with Crippen molar-refractivity contribution in [3.05, 3.63) is 28.0 Å². The van der Waals surface area contributed by atoms with E-state index >= 15 is 0 Å². The molecule has 82 valence electrons. The Labute approximate surface area is 97.1 Å². The zero-order valence-corrected chi connectivity index (χ0v) is 10.2. The quantitative estimate of drug-likeness (QED) is 0.776. The maximum atomic E-state index is 9.46. The van der Waals surface area contributed by atoms with Crippen LogP contribution in [0.3, 0.4) is 0 Å². The number of nitrogens with one attached hydrogen (secondary N) is 1. The number of aromatic nitrogens is 2. The highest BCUT2D eigenvalue weighted by molar-refractivity contribution is 9.10. The number of β-amino-alcohol motifs (C(OH)–C–C–N with tert-alkyl or cyclic N) is 1. The summed E-state index contributed by atoms with van der Waals surface area (Å²) in [5, 5.41) is 16.8. The van der Waals surface area contributed by atoms with Crippen LogP contribution in [0.15, 0.2) is 22.4 Å². The molecule has 0 aliphatic carbocycles. The van der Waals surface area contributed by atoms with E-state index in [9.17, 15) is 5.11 Å². The highest BCUT2D eigenvalue weighted by atomic mass is 79.9. The number of aliphatic hydroxyl groups is 1. The van der Waals surface area contributed by atoms with E-state index in [2.05, 4.69) is 26.3 Å². The van der Waals surface area contributed by atoms with Gasteiger partial charge < -0.3 is 10.4 Å². The first-order chi connectivity index (χ1) is 7.15. The van der Waals surface area contributed by atoms with Gasteiger partial charge >= 0.3 is 0 Å². The standard InChI is InChI=1S/C10H14BrN3O/c1-14-6-8(10(11)13-14)2-7-3-9(15)5-12-4-7/h3,6,9,12,15H,2,4-5H2,1H3. The van der Waals surface area contributed by atoms with Gasteiger partial charge in [-0.05, 0) is 22.4 Å². The second-order valence-corrected chi connectivity index (χ2v) is 4.57. The average molecular weight is 272 g/mol. The zero-order chi connectivity index (χ0) is 10.8. The molecule has 2 N–H and O–H groups in total. The predicted octanol–water partition coefficient (Wildman–Crippen LogP) is 0.616. The summed E-state index contributed by atoms with van der Waals surface area (Å²) >= 11 is 3.42. The molecule has 1 aliphatic heterocycles. The van der Waals surface area contributed by atoms with Gasteiger partial charge in [0.15, 0.2) is 0 Å². The minimum atomic E-state index is -0.357. The molecule has 0 bridgehead atoms. The van der Waals surface area contributed by atoms with E-state index < -0.39 is 0 Å². The van der Waals surface area contributed by atoms with Crippen molar-refractivity contribution in [3.8, 4) is 0 Å². The van der Waals surface area contributed by atoms with Crippen molar-refractivity contribution in [2.45, 2.75) is 12.5 Å². The van der Waals surface area contributed by atoms with Crippen LogP contribution < -0.4 is 5.32 Å². The Bertz CT molecular complexity index is 386. The molecular formula is C10H14BrN3O. The Morgan fingerprint density at radius 3 is 3.13 bits per heavy atom. The van der Waals surface area contributed by atoms with E-state index in [4.69, 9.17) is 0 Å². The third kappa shape index (κ3) is 2.68. The summed E-state index contributed by atoms with van der Waals surface area (Å²) in [6.07, 6.45) is 4.39. The van der Waals surface area contributed by atoms with Crippen LogP contribution in [0.1, 0.15) is 5.56 Å². The van der Waals surface area contributed by atoms with Crippen LogP contribution in [-0.2, 0) is 13.5 Å². The lowest BCUT2D eigenvalue weighted by Crippen LogP contribution is -2.32. The second-order valence-electron chi connectivity index (χ2n) is 3.82. The Balaban J connectivity index is 2.11. The second kappa shape index (κ2) is 4.47. The number of hydrogen-bond acceptors (Lipinski definition) is 3. The first-order valence-corrected chi connectivity index (χ1v) is 5.71. The fourth-order valence-corrected chi connectivity index (χ4v) is 2.26. The lowest BCUT2D eigenvalue weighted by Gasteiger charge is -2.18. The van der Waals surface area contributed by atoms with Gasteiger partial charge in [-0.15, -0.1) is 0 Å².